The summed E-state index contributed by atoms with van der Waals surface area (Å²) in [6.07, 6.45) is -0.508. The maximum atomic E-state index is 13.9. The van der Waals surface area contributed by atoms with E-state index in [2.05, 4.69) is 5.32 Å². The van der Waals surface area contributed by atoms with Gasteiger partial charge in [-0.25, -0.2) is 9.18 Å². The lowest BCUT2D eigenvalue weighted by Gasteiger charge is -2.28. The largest absolute Gasteiger partial charge is 0.478 e. The molecule has 0 bridgehead atoms. The Balaban J connectivity index is 1.54. The van der Waals surface area contributed by atoms with E-state index in [1.807, 2.05) is 45.0 Å². The van der Waals surface area contributed by atoms with E-state index < -0.39 is 12.1 Å². The van der Waals surface area contributed by atoms with Gasteiger partial charge in [-0.1, -0.05) is 36.4 Å². The van der Waals surface area contributed by atoms with Crippen LogP contribution in [0.5, 0.6) is 11.5 Å². The van der Waals surface area contributed by atoms with Gasteiger partial charge in [0.15, 0.2) is 0 Å². The molecular formula is C29H34FNO5. The van der Waals surface area contributed by atoms with Crippen molar-refractivity contribution in [3.63, 3.8) is 0 Å². The molecule has 0 heterocycles. The van der Waals surface area contributed by atoms with Gasteiger partial charge >= 0.3 is 5.97 Å². The van der Waals surface area contributed by atoms with Crippen LogP contribution in [0.25, 0.3) is 0 Å². The number of carboxylic acids is 1. The van der Waals surface area contributed by atoms with Crippen LogP contribution in [-0.4, -0.2) is 41.0 Å². The van der Waals surface area contributed by atoms with Crippen molar-refractivity contribution in [1.29, 1.82) is 0 Å². The van der Waals surface area contributed by atoms with Crippen LogP contribution in [0.2, 0.25) is 0 Å². The molecule has 0 amide bonds. The first-order valence-corrected chi connectivity index (χ1v) is 11.9. The van der Waals surface area contributed by atoms with Gasteiger partial charge in [0.25, 0.3) is 0 Å². The van der Waals surface area contributed by atoms with Crippen LogP contribution in [-0.2, 0) is 11.2 Å². The van der Waals surface area contributed by atoms with Gasteiger partial charge < -0.3 is 25.0 Å². The highest BCUT2D eigenvalue weighted by molar-refractivity contribution is 5.88. The lowest BCUT2D eigenvalue weighted by molar-refractivity contribution is -0.00481. The van der Waals surface area contributed by atoms with Gasteiger partial charge in [-0.3, -0.25) is 0 Å². The topological polar surface area (TPSA) is 88.0 Å². The molecule has 7 heteroatoms. The fourth-order valence-corrected chi connectivity index (χ4v) is 3.85. The standard InChI is InChI=1S/C29H34FNO5/c1-19-12-13-21(14-26(19)30)16-29(3,4)31-17-23(32)18-35-20(2)25-10-5-6-11-27(25)36-24-9-7-8-22(15-24)28(33)34/h5-15,20,23,31-32H,16-18H2,1-4H3,(H,33,34)/t20?,23-/m0/s1. The number of halogens is 1. The number of aliphatic hydroxyl groups is 1. The first-order valence-electron chi connectivity index (χ1n) is 11.9. The first kappa shape index (κ1) is 27.3. The number of nitrogens with one attached hydrogen (secondary N) is 1. The minimum Gasteiger partial charge on any atom is -0.478 e. The van der Waals surface area contributed by atoms with Gasteiger partial charge in [0.05, 0.1) is 24.4 Å². The van der Waals surface area contributed by atoms with Crippen molar-refractivity contribution in [3.05, 3.63) is 94.8 Å². The molecule has 3 rings (SSSR count). The summed E-state index contributed by atoms with van der Waals surface area (Å²) in [6.45, 7) is 8.04. The summed E-state index contributed by atoms with van der Waals surface area (Å²) in [6, 6.07) is 18.9. The van der Waals surface area contributed by atoms with Gasteiger partial charge in [-0.15, -0.1) is 0 Å². The van der Waals surface area contributed by atoms with E-state index >= 15 is 0 Å². The Kier molecular flexibility index (Phi) is 9.20. The zero-order valence-corrected chi connectivity index (χ0v) is 21.1. The van der Waals surface area contributed by atoms with Crippen LogP contribution in [0.1, 0.15) is 53.9 Å². The summed E-state index contributed by atoms with van der Waals surface area (Å²) in [5.74, 6) is -0.284. The highest BCUT2D eigenvalue weighted by atomic mass is 19.1. The summed E-state index contributed by atoms with van der Waals surface area (Å²) in [4.78, 5) is 11.2. The van der Waals surface area contributed by atoms with E-state index in [-0.39, 0.29) is 29.6 Å². The number of carbonyl (C=O) groups is 1. The molecule has 2 atom stereocenters. The van der Waals surface area contributed by atoms with Gasteiger partial charge in [-0.05, 0) is 75.6 Å². The van der Waals surface area contributed by atoms with Crippen molar-refractivity contribution in [1.82, 2.24) is 5.32 Å². The molecule has 1 unspecified atom stereocenters. The Labute approximate surface area is 211 Å². The minimum atomic E-state index is -1.03. The summed E-state index contributed by atoms with van der Waals surface area (Å²) in [5, 5.41) is 23.1. The average Bonchev–Trinajstić information content (AvgIpc) is 2.84. The lowest BCUT2D eigenvalue weighted by atomic mass is 9.94. The Morgan fingerprint density at radius 1 is 1.08 bits per heavy atom. The van der Waals surface area contributed by atoms with E-state index in [9.17, 15) is 19.4 Å². The number of carboxylic acid groups (broad SMARTS) is 1. The predicted molar refractivity (Wildman–Crippen MR) is 137 cm³/mol. The van der Waals surface area contributed by atoms with Crippen molar-refractivity contribution >= 4 is 5.97 Å². The normalized spacial score (nSPS) is 13.3. The van der Waals surface area contributed by atoms with Crippen LogP contribution in [0.3, 0.4) is 0 Å². The molecule has 3 aromatic carbocycles. The Morgan fingerprint density at radius 2 is 1.83 bits per heavy atom. The highest BCUT2D eigenvalue weighted by Crippen LogP contribution is 2.31. The number of ether oxygens (including phenoxy) is 2. The molecule has 0 saturated heterocycles. The molecule has 192 valence electrons. The third-order valence-electron chi connectivity index (χ3n) is 5.90. The van der Waals surface area contributed by atoms with Crippen molar-refractivity contribution in [2.24, 2.45) is 0 Å². The van der Waals surface area contributed by atoms with Crippen LogP contribution >= 0.6 is 0 Å². The second kappa shape index (κ2) is 12.1. The second-order valence-electron chi connectivity index (χ2n) is 9.63. The molecule has 0 aromatic heterocycles. The molecule has 36 heavy (non-hydrogen) atoms. The molecule has 3 N–H and O–H groups in total. The van der Waals surface area contributed by atoms with Crippen LogP contribution in [0.15, 0.2) is 66.7 Å². The number of aryl methyl sites for hydroxylation is 1. The average molecular weight is 496 g/mol. The monoisotopic (exact) mass is 495 g/mol. The van der Waals surface area contributed by atoms with E-state index in [4.69, 9.17) is 9.47 Å². The molecule has 0 aliphatic heterocycles. The molecule has 0 saturated carbocycles. The zero-order chi connectivity index (χ0) is 26.3. The number of rotatable bonds is 12. The smallest absolute Gasteiger partial charge is 0.335 e. The maximum Gasteiger partial charge on any atom is 0.335 e. The van der Waals surface area contributed by atoms with E-state index in [1.165, 1.54) is 12.1 Å². The number of benzene rings is 3. The Bertz CT molecular complexity index is 1180. The number of aliphatic hydroxyl groups excluding tert-OH is 1. The molecule has 0 aliphatic carbocycles. The molecule has 0 fully saturated rings. The zero-order valence-electron chi connectivity index (χ0n) is 21.1. The lowest BCUT2D eigenvalue weighted by Crippen LogP contribution is -2.46. The fourth-order valence-electron chi connectivity index (χ4n) is 3.85. The summed E-state index contributed by atoms with van der Waals surface area (Å²) in [7, 11) is 0. The maximum absolute atomic E-state index is 13.9. The van der Waals surface area contributed by atoms with E-state index in [1.54, 1.807) is 37.3 Å². The van der Waals surface area contributed by atoms with Gasteiger partial charge in [0.1, 0.15) is 17.3 Å². The SMILES string of the molecule is Cc1ccc(CC(C)(C)NC[C@H](O)COC(C)c2ccccc2Oc2cccc(C(=O)O)c2)cc1F. The van der Waals surface area contributed by atoms with Crippen LogP contribution < -0.4 is 10.1 Å². The van der Waals surface area contributed by atoms with Crippen molar-refractivity contribution in [2.75, 3.05) is 13.2 Å². The molecule has 3 aromatic rings. The van der Waals surface area contributed by atoms with Crippen LogP contribution in [0, 0.1) is 12.7 Å². The summed E-state index contributed by atoms with van der Waals surface area (Å²) >= 11 is 0. The Morgan fingerprint density at radius 3 is 2.56 bits per heavy atom. The quantitative estimate of drug-likeness (QED) is 0.300. The van der Waals surface area contributed by atoms with Crippen molar-refractivity contribution in [2.45, 2.75) is 51.9 Å². The number of hydrogen-bond donors (Lipinski definition) is 3. The molecule has 0 radical (unpaired) electrons. The van der Waals surface area contributed by atoms with Gasteiger partial charge in [0.2, 0.25) is 0 Å². The molecule has 0 aliphatic rings. The van der Waals surface area contributed by atoms with Crippen molar-refractivity contribution < 1.29 is 28.9 Å². The van der Waals surface area contributed by atoms with E-state index in [0.29, 0.717) is 30.0 Å². The summed E-state index contributed by atoms with van der Waals surface area (Å²) in [5.41, 5.74) is 2.08. The predicted octanol–water partition coefficient (Wildman–Crippen LogP) is 5.67. The number of aromatic carboxylic acids is 1. The molecule has 6 nitrogen and oxygen atoms in total. The Hall–Kier alpha value is -3.26. The number of para-hydroxylation sites is 1. The molecule has 0 spiro atoms. The minimum absolute atomic E-state index is 0.103. The fraction of sp³-hybridized carbons (Fsp3) is 0.345. The van der Waals surface area contributed by atoms with Gasteiger partial charge in [-0.2, -0.15) is 0 Å². The number of β-amino-alcohol motifs (C(OH)–C–C–N with tert-alkyl or cyclic N) is 1. The van der Waals surface area contributed by atoms with Crippen LogP contribution in [0.4, 0.5) is 4.39 Å². The third kappa shape index (κ3) is 7.88. The van der Waals surface area contributed by atoms with Crippen molar-refractivity contribution in [3.8, 4) is 11.5 Å². The molecular weight excluding hydrogens is 461 g/mol. The number of hydrogen-bond acceptors (Lipinski definition) is 5. The summed E-state index contributed by atoms with van der Waals surface area (Å²) < 4.78 is 25.8. The second-order valence-corrected chi connectivity index (χ2v) is 9.63. The highest BCUT2D eigenvalue weighted by Gasteiger charge is 2.21. The van der Waals surface area contributed by atoms with Gasteiger partial charge in [0, 0.05) is 17.6 Å². The first-order chi connectivity index (χ1) is 17.0. The van der Waals surface area contributed by atoms with E-state index in [0.717, 1.165) is 11.1 Å². The third-order valence-corrected chi connectivity index (χ3v) is 5.90.